The van der Waals surface area contributed by atoms with Gasteiger partial charge in [0.1, 0.15) is 5.60 Å². The van der Waals surface area contributed by atoms with Crippen LogP contribution in [0.3, 0.4) is 0 Å². The first kappa shape index (κ1) is 12.9. The van der Waals surface area contributed by atoms with Crippen molar-refractivity contribution in [3.8, 4) is 0 Å². The van der Waals surface area contributed by atoms with Crippen LogP contribution in [0.4, 0.5) is 4.79 Å². The van der Waals surface area contributed by atoms with E-state index in [1.807, 2.05) is 33.9 Å². The van der Waals surface area contributed by atoms with Gasteiger partial charge in [-0.1, -0.05) is 0 Å². The highest BCUT2D eigenvalue weighted by Crippen LogP contribution is 2.20. The van der Waals surface area contributed by atoms with Crippen molar-refractivity contribution >= 4 is 6.09 Å². The fraction of sp³-hybridized carbons (Fsp3) is 0.571. The number of pyridine rings is 1. The molecule has 0 atom stereocenters. The average Bonchev–Trinajstić information content (AvgIpc) is 2.26. The molecule has 2 heterocycles. The van der Waals surface area contributed by atoms with Gasteiger partial charge in [0.15, 0.2) is 0 Å². The quantitative estimate of drug-likeness (QED) is 0.709. The second-order valence-corrected chi connectivity index (χ2v) is 5.75. The maximum Gasteiger partial charge on any atom is 0.410 e. The number of ether oxygens (including phenoxy) is 1. The molecule has 1 aromatic rings. The summed E-state index contributed by atoms with van der Waals surface area (Å²) in [6.07, 6.45) is 2.49. The maximum atomic E-state index is 12.0. The number of carbonyl (C=O) groups is 1. The summed E-state index contributed by atoms with van der Waals surface area (Å²) in [4.78, 5) is 18.0. The van der Waals surface area contributed by atoms with Crippen LogP contribution in [-0.2, 0) is 17.7 Å². The normalized spacial score (nSPS) is 15.2. The molecule has 2 rings (SSSR count). The fourth-order valence-electron chi connectivity index (χ4n) is 2.04. The molecule has 1 aliphatic rings. The van der Waals surface area contributed by atoms with Gasteiger partial charge in [0, 0.05) is 18.4 Å². The predicted molar refractivity (Wildman–Crippen MR) is 69.3 cm³/mol. The molecule has 0 aromatic carbocycles. The number of aromatic nitrogens is 1. The molecule has 1 amide bonds. The molecule has 0 unspecified atom stereocenters. The Hall–Kier alpha value is -1.58. The molecule has 1 aromatic heterocycles. The van der Waals surface area contributed by atoms with Crippen LogP contribution >= 0.6 is 0 Å². The smallest absolute Gasteiger partial charge is 0.410 e. The van der Waals surface area contributed by atoms with Crippen molar-refractivity contribution in [1.82, 2.24) is 9.88 Å². The Morgan fingerprint density at radius 1 is 1.39 bits per heavy atom. The van der Waals surface area contributed by atoms with Crippen molar-refractivity contribution in [3.05, 3.63) is 29.1 Å². The van der Waals surface area contributed by atoms with Crippen LogP contribution in [0.1, 0.15) is 37.6 Å². The molecule has 0 fully saturated rings. The highest BCUT2D eigenvalue weighted by atomic mass is 16.6. The summed E-state index contributed by atoms with van der Waals surface area (Å²) >= 11 is 0. The molecule has 0 spiro atoms. The lowest BCUT2D eigenvalue weighted by Crippen LogP contribution is -2.39. The summed E-state index contributed by atoms with van der Waals surface area (Å²) in [7, 11) is 0. The summed E-state index contributed by atoms with van der Waals surface area (Å²) in [5.41, 5.74) is 3.00. The third-order valence-corrected chi connectivity index (χ3v) is 2.88. The van der Waals surface area contributed by atoms with Crippen molar-refractivity contribution in [2.45, 2.75) is 46.3 Å². The molecule has 0 bridgehead atoms. The summed E-state index contributed by atoms with van der Waals surface area (Å²) < 4.78 is 5.38. The van der Waals surface area contributed by atoms with E-state index in [0.717, 1.165) is 17.7 Å². The van der Waals surface area contributed by atoms with Gasteiger partial charge in [0.2, 0.25) is 0 Å². The van der Waals surface area contributed by atoms with E-state index in [4.69, 9.17) is 4.74 Å². The number of carbonyl (C=O) groups excluding carboxylic acids is 1. The summed E-state index contributed by atoms with van der Waals surface area (Å²) in [6.45, 7) is 8.94. The van der Waals surface area contributed by atoms with E-state index in [0.29, 0.717) is 13.1 Å². The van der Waals surface area contributed by atoms with Crippen LogP contribution < -0.4 is 0 Å². The Balaban J connectivity index is 2.08. The molecule has 0 radical (unpaired) electrons. The number of nitrogens with zero attached hydrogens (tertiary/aromatic N) is 2. The summed E-state index contributed by atoms with van der Waals surface area (Å²) in [5.74, 6) is 0. The fourth-order valence-corrected chi connectivity index (χ4v) is 2.04. The molecule has 0 saturated heterocycles. The standard InChI is InChI=1S/C14H20N2O2/c1-10-7-11-5-6-16(9-12(11)8-15-10)13(17)18-14(2,3)4/h7-8H,5-6,9H2,1-4H3. The van der Waals surface area contributed by atoms with E-state index in [-0.39, 0.29) is 6.09 Å². The van der Waals surface area contributed by atoms with Gasteiger partial charge in [-0.3, -0.25) is 4.98 Å². The Morgan fingerprint density at radius 3 is 2.78 bits per heavy atom. The molecule has 98 valence electrons. The van der Waals surface area contributed by atoms with Crippen LogP contribution in [0, 0.1) is 6.92 Å². The minimum atomic E-state index is -0.442. The van der Waals surface area contributed by atoms with Crippen molar-refractivity contribution in [2.24, 2.45) is 0 Å². The zero-order valence-corrected chi connectivity index (χ0v) is 11.5. The molecule has 1 aliphatic heterocycles. The molecule has 0 aliphatic carbocycles. The van der Waals surface area contributed by atoms with Crippen LogP contribution in [-0.4, -0.2) is 28.1 Å². The number of amides is 1. The average molecular weight is 248 g/mol. The largest absolute Gasteiger partial charge is 0.444 e. The Bertz CT molecular complexity index is 463. The van der Waals surface area contributed by atoms with Gasteiger partial charge >= 0.3 is 6.09 Å². The topological polar surface area (TPSA) is 42.4 Å². The second-order valence-electron chi connectivity index (χ2n) is 5.75. The SMILES string of the molecule is Cc1cc2c(cn1)CN(C(=O)OC(C)(C)C)CC2. The van der Waals surface area contributed by atoms with E-state index < -0.39 is 5.60 Å². The lowest BCUT2D eigenvalue weighted by Gasteiger charge is -2.31. The molecular formula is C14H20N2O2. The van der Waals surface area contributed by atoms with Gasteiger partial charge in [-0.05, 0) is 51.3 Å². The van der Waals surface area contributed by atoms with Crippen LogP contribution in [0.2, 0.25) is 0 Å². The number of hydrogen-bond acceptors (Lipinski definition) is 3. The summed E-state index contributed by atoms with van der Waals surface area (Å²) in [6, 6.07) is 2.10. The van der Waals surface area contributed by atoms with E-state index in [2.05, 4.69) is 11.1 Å². The third kappa shape index (κ3) is 3.00. The number of hydrogen-bond donors (Lipinski definition) is 0. The first-order valence-corrected chi connectivity index (χ1v) is 6.27. The van der Waals surface area contributed by atoms with Crippen LogP contribution in [0.5, 0.6) is 0 Å². The van der Waals surface area contributed by atoms with Crippen molar-refractivity contribution < 1.29 is 9.53 Å². The number of aryl methyl sites for hydroxylation is 1. The number of fused-ring (bicyclic) bond motifs is 1. The van der Waals surface area contributed by atoms with E-state index in [1.165, 1.54) is 5.56 Å². The van der Waals surface area contributed by atoms with Crippen molar-refractivity contribution in [2.75, 3.05) is 6.54 Å². The summed E-state index contributed by atoms with van der Waals surface area (Å²) in [5, 5.41) is 0. The van der Waals surface area contributed by atoms with Crippen molar-refractivity contribution in [3.63, 3.8) is 0 Å². The minimum Gasteiger partial charge on any atom is -0.444 e. The Labute approximate surface area is 108 Å². The third-order valence-electron chi connectivity index (χ3n) is 2.88. The number of rotatable bonds is 0. The zero-order valence-electron chi connectivity index (χ0n) is 11.5. The molecule has 0 N–H and O–H groups in total. The van der Waals surface area contributed by atoms with E-state index in [1.54, 1.807) is 4.90 Å². The van der Waals surface area contributed by atoms with Gasteiger partial charge in [-0.15, -0.1) is 0 Å². The Morgan fingerprint density at radius 2 is 2.11 bits per heavy atom. The highest BCUT2D eigenvalue weighted by Gasteiger charge is 2.25. The van der Waals surface area contributed by atoms with Gasteiger partial charge in [0.05, 0.1) is 6.54 Å². The molecule has 18 heavy (non-hydrogen) atoms. The molecule has 4 heteroatoms. The van der Waals surface area contributed by atoms with Crippen LogP contribution in [0.25, 0.3) is 0 Å². The van der Waals surface area contributed by atoms with Crippen LogP contribution in [0.15, 0.2) is 12.3 Å². The second kappa shape index (κ2) is 4.59. The lowest BCUT2D eigenvalue weighted by atomic mass is 10.0. The lowest BCUT2D eigenvalue weighted by molar-refractivity contribution is 0.0224. The monoisotopic (exact) mass is 248 g/mol. The first-order valence-electron chi connectivity index (χ1n) is 6.27. The highest BCUT2D eigenvalue weighted by molar-refractivity contribution is 5.68. The first-order chi connectivity index (χ1) is 8.35. The van der Waals surface area contributed by atoms with Gasteiger partial charge < -0.3 is 9.64 Å². The van der Waals surface area contributed by atoms with Gasteiger partial charge in [0.25, 0.3) is 0 Å². The van der Waals surface area contributed by atoms with E-state index in [9.17, 15) is 4.79 Å². The maximum absolute atomic E-state index is 12.0. The Kier molecular flexibility index (Phi) is 3.28. The predicted octanol–water partition coefficient (Wildman–Crippen LogP) is 2.68. The molecule has 0 saturated carbocycles. The van der Waals surface area contributed by atoms with Gasteiger partial charge in [-0.2, -0.15) is 0 Å². The van der Waals surface area contributed by atoms with E-state index >= 15 is 0 Å². The zero-order chi connectivity index (χ0) is 13.3. The minimum absolute atomic E-state index is 0.242. The van der Waals surface area contributed by atoms with Crippen molar-refractivity contribution in [1.29, 1.82) is 0 Å². The van der Waals surface area contributed by atoms with Gasteiger partial charge in [-0.25, -0.2) is 4.79 Å². The molecule has 4 nitrogen and oxygen atoms in total. The molecular weight excluding hydrogens is 228 g/mol.